The lowest BCUT2D eigenvalue weighted by Gasteiger charge is -2.29. The van der Waals surface area contributed by atoms with Crippen LogP contribution in [-0.4, -0.2) is 23.2 Å². The van der Waals surface area contributed by atoms with E-state index in [2.05, 4.69) is 10.3 Å². The van der Waals surface area contributed by atoms with Gasteiger partial charge in [-0.25, -0.2) is 4.98 Å². The summed E-state index contributed by atoms with van der Waals surface area (Å²) in [6, 6.07) is 1.73. The number of aromatic nitrogens is 1. The van der Waals surface area contributed by atoms with Crippen molar-refractivity contribution in [2.75, 3.05) is 0 Å². The number of nitrogens with one attached hydrogen (secondary N) is 1. The van der Waals surface area contributed by atoms with Gasteiger partial charge in [-0.2, -0.15) is 13.2 Å². The van der Waals surface area contributed by atoms with Crippen molar-refractivity contribution in [3.8, 4) is 5.88 Å². The average Bonchev–Trinajstić information content (AvgIpc) is 2.70. The van der Waals surface area contributed by atoms with Gasteiger partial charge in [-0.05, 0) is 31.7 Å². The number of piperidine rings is 1. The Morgan fingerprint density at radius 2 is 1.90 bits per heavy atom. The Bertz CT molecular complexity index is 497. The maximum atomic E-state index is 12.5. The minimum Gasteiger partial charge on any atom is -0.473 e. The number of nitrogens with zero attached hydrogens (tertiary/aromatic N) is 1. The van der Waals surface area contributed by atoms with Gasteiger partial charge in [-0.3, -0.25) is 0 Å². The van der Waals surface area contributed by atoms with Gasteiger partial charge in [-0.1, -0.05) is 11.6 Å². The second kappa shape index (κ2) is 5.07. The minimum absolute atomic E-state index is 0.0320. The highest BCUT2D eigenvalue weighted by Crippen LogP contribution is 2.35. The summed E-state index contributed by atoms with van der Waals surface area (Å²) in [7, 11) is 0. The van der Waals surface area contributed by atoms with Crippen LogP contribution in [0.4, 0.5) is 13.2 Å². The van der Waals surface area contributed by atoms with Crippen LogP contribution in [-0.2, 0) is 6.18 Å². The van der Waals surface area contributed by atoms with Crippen LogP contribution in [0.3, 0.4) is 0 Å². The second-order valence-corrected chi connectivity index (χ2v) is 5.77. The van der Waals surface area contributed by atoms with Crippen molar-refractivity contribution in [2.24, 2.45) is 0 Å². The maximum Gasteiger partial charge on any atom is 0.417 e. The van der Waals surface area contributed by atoms with Crippen LogP contribution in [0.5, 0.6) is 5.88 Å². The third-order valence-corrected chi connectivity index (χ3v) is 4.11. The quantitative estimate of drug-likeness (QED) is 0.909. The van der Waals surface area contributed by atoms with Crippen LogP contribution in [0.15, 0.2) is 12.3 Å². The molecular weight excluding hydrogens is 293 g/mol. The molecule has 0 amide bonds. The zero-order chi connectivity index (χ0) is 14.3. The molecule has 2 fully saturated rings. The molecule has 2 aliphatic heterocycles. The van der Waals surface area contributed by atoms with Crippen LogP contribution in [0.2, 0.25) is 5.02 Å². The van der Waals surface area contributed by atoms with E-state index in [0.29, 0.717) is 12.1 Å². The Morgan fingerprint density at radius 3 is 2.45 bits per heavy atom. The Balaban J connectivity index is 1.72. The van der Waals surface area contributed by atoms with Crippen LogP contribution in [0.1, 0.15) is 31.2 Å². The molecule has 3 atom stereocenters. The predicted molar refractivity (Wildman–Crippen MR) is 67.8 cm³/mol. The van der Waals surface area contributed by atoms with Crippen LogP contribution in [0, 0.1) is 0 Å². The lowest BCUT2D eigenvalue weighted by molar-refractivity contribution is -0.137. The van der Waals surface area contributed by atoms with Crippen LogP contribution >= 0.6 is 11.6 Å². The molecule has 110 valence electrons. The molecule has 2 bridgehead atoms. The van der Waals surface area contributed by atoms with E-state index >= 15 is 0 Å². The molecule has 2 aliphatic rings. The SMILES string of the molecule is FC(F)(F)c1cnc(OC2C[C@H]3CC[C@@H](C2)N3)c(Cl)c1. The first-order chi connectivity index (χ1) is 9.41. The molecule has 1 unspecified atom stereocenters. The van der Waals surface area contributed by atoms with E-state index in [4.69, 9.17) is 16.3 Å². The number of hydrogen-bond acceptors (Lipinski definition) is 3. The van der Waals surface area contributed by atoms with Crippen molar-refractivity contribution in [1.29, 1.82) is 0 Å². The van der Waals surface area contributed by atoms with Gasteiger partial charge in [0.2, 0.25) is 5.88 Å². The molecule has 1 aromatic rings. The fraction of sp³-hybridized carbons (Fsp3) is 0.615. The first-order valence-electron chi connectivity index (χ1n) is 6.57. The van der Waals surface area contributed by atoms with E-state index < -0.39 is 11.7 Å². The van der Waals surface area contributed by atoms with Gasteiger partial charge >= 0.3 is 6.18 Å². The van der Waals surface area contributed by atoms with Gasteiger partial charge in [0.25, 0.3) is 0 Å². The van der Waals surface area contributed by atoms with Gasteiger partial charge < -0.3 is 10.1 Å². The van der Waals surface area contributed by atoms with E-state index in [9.17, 15) is 13.2 Å². The summed E-state index contributed by atoms with van der Waals surface area (Å²) < 4.78 is 43.2. The standard InChI is InChI=1S/C13H14ClF3N2O/c14-11-3-7(13(15,16)17)6-18-12(11)20-10-4-8-1-2-9(5-10)19-8/h3,6,8-10,19H,1-2,4-5H2/t8-,9+,10?. The lowest BCUT2D eigenvalue weighted by Crippen LogP contribution is -2.42. The predicted octanol–water partition coefficient (Wildman–Crippen LogP) is 3.42. The van der Waals surface area contributed by atoms with Gasteiger partial charge in [0, 0.05) is 18.3 Å². The van der Waals surface area contributed by atoms with Crippen molar-refractivity contribution < 1.29 is 17.9 Å². The molecule has 0 saturated carbocycles. The number of hydrogen-bond donors (Lipinski definition) is 1. The highest BCUT2D eigenvalue weighted by atomic mass is 35.5. The summed E-state index contributed by atoms with van der Waals surface area (Å²) in [4.78, 5) is 3.71. The Kier molecular flexibility index (Phi) is 3.54. The van der Waals surface area contributed by atoms with Gasteiger partial charge in [-0.15, -0.1) is 0 Å². The maximum absolute atomic E-state index is 12.5. The molecule has 0 aromatic carbocycles. The van der Waals surface area contributed by atoms with Crippen molar-refractivity contribution >= 4 is 11.6 Å². The average molecular weight is 307 g/mol. The van der Waals surface area contributed by atoms with Gasteiger partial charge in [0.15, 0.2) is 0 Å². The van der Waals surface area contributed by atoms with Crippen molar-refractivity contribution in [3.63, 3.8) is 0 Å². The third kappa shape index (κ3) is 2.86. The van der Waals surface area contributed by atoms with E-state index in [-0.39, 0.29) is 17.0 Å². The summed E-state index contributed by atoms with van der Waals surface area (Å²) in [6.07, 6.45) is 0.220. The van der Waals surface area contributed by atoms with Crippen LogP contribution < -0.4 is 10.1 Å². The number of fused-ring (bicyclic) bond motifs is 2. The molecule has 3 heterocycles. The summed E-state index contributed by atoms with van der Waals surface area (Å²) in [5.41, 5.74) is -0.861. The van der Waals surface area contributed by atoms with E-state index in [1.165, 1.54) is 0 Å². The summed E-state index contributed by atoms with van der Waals surface area (Å²) in [5, 5.41) is 3.38. The first kappa shape index (κ1) is 13.9. The topological polar surface area (TPSA) is 34.1 Å². The fourth-order valence-corrected chi connectivity index (χ4v) is 3.14. The van der Waals surface area contributed by atoms with Gasteiger partial charge in [0.05, 0.1) is 5.56 Å². The van der Waals surface area contributed by atoms with Crippen LogP contribution in [0.25, 0.3) is 0 Å². The van der Waals surface area contributed by atoms with E-state index in [1.54, 1.807) is 0 Å². The van der Waals surface area contributed by atoms with E-state index in [1.807, 2.05) is 0 Å². The minimum atomic E-state index is -4.44. The summed E-state index contributed by atoms with van der Waals surface area (Å²) >= 11 is 5.84. The van der Waals surface area contributed by atoms with Gasteiger partial charge in [0.1, 0.15) is 11.1 Å². The number of alkyl halides is 3. The number of halogens is 4. The third-order valence-electron chi connectivity index (χ3n) is 3.84. The number of rotatable bonds is 2. The smallest absolute Gasteiger partial charge is 0.417 e. The van der Waals surface area contributed by atoms with Crippen molar-refractivity contribution in [2.45, 2.75) is 50.0 Å². The largest absolute Gasteiger partial charge is 0.473 e. The fourth-order valence-electron chi connectivity index (χ4n) is 2.93. The van der Waals surface area contributed by atoms with E-state index in [0.717, 1.165) is 37.9 Å². The highest BCUT2D eigenvalue weighted by molar-refractivity contribution is 6.31. The molecule has 0 aliphatic carbocycles. The molecule has 3 nitrogen and oxygen atoms in total. The molecule has 2 saturated heterocycles. The Labute approximate surface area is 119 Å². The molecule has 0 radical (unpaired) electrons. The zero-order valence-electron chi connectivity index (χ0n) is 10.6. The first-order valence-corrected chi connectivity index (χ1v) is 6.95. The molecule has 20 heavy (non-hydrogen) atoms. The normalized spacial score (nSPS) is 29.5. The molecule has 1 aromatic heterocycles. The van der Waals surface area contributed by atoms with Crippen molar-refractivity contribution in [1.82, 2.24) is 10.3 Å². The molecule has 3 rings (SSSR count). The molecule has 0 spiro atoms. The summed E-state index contributed by atoms with van der Waals surface area (Å²) in [5.74, 6) is 0.0889. The zero-order valence-corrected chi connectivity index (χ0v) is 11.3. The molecule has 1 N–H and O–H groups in total. The highest BCUT2D eigenvalue weighted by Gasteiger charge is 2.35. The van der Waals surface area contributed by atoms with Crippen molar-refractivity contribution in [3.05, 3.63) is 22.8 Å². The second-order valence-electron chi connectivity index (χ2n) is 5.36. The lowest BCUT2D eigenvalue weighted by atomic mass is 10.0. The monoisotopic (exact) mass is 306 g/mol. The Morgan fingerprint density at radius 1 is 1.25 bits per heavy atom. The number of pyridine rings is 1. The molecular formula is C13H14ClF3N2O. The summed E-state index contributed by atoms with van der Waals surface area (Å²) in [6.45, 7) is 0. The molecule has 7 heteroatoms. The Hall–Kier alpha value is -1.01. The number of ether oxygens (including phenoxy) is 1.